The summed E-state index contributed by atoms with van der Waals surface area (Å²) in [6, 6.07) is -0.175. The van der Waals surface area contributed by atoms with E-state index in [0.717, 1.165) is 25.7 Å². The summed E-state index contributed by atoms with van der Waals surface area (Å²) in [5.74, 6) is 0. The number of carbonyl (C=O) groups excluding carboxylic acids is 2. The maximum absolute atomic E-state index is 11.2. The molecule has 0 aromatic rings. The largest absolute Gasteiger partial charge is 0.452 e. The highest BCUT2D eigenvalue weighted by Gasteiger charge is 2.15. The molecule has 1 rings (SSSR count). The van der Waals surface area contributed by atoms with Crippen LogP contribution >= 0.6 is 0 Å². The first-order chi connectivity index (χ1) is 7.22. The molecule has 0 aromatic carbocycles. The molecule has 6 nitrogen and oxygen atoms in total. The fourth-order valence-corrected chi connectivity index (χ4v) is 1.63. The number of ether oxygens (including phenoxy) is 1. The van der Waals surface area contributed by atoms with Crippen molar-refractivity contribution in [3.63, 3.8) is 0 Å². The molecule has 0 radical (unpaired) electrons. The van der Waals surface area contributed by atoms with Crippen LogP contribution in [0.1, 0.15) is 32.1 Å². The van der Waals surface area contributed by atoms with Crippen LogP contribution in [0.5, 0.6) is 0 Å². The minimum absolute atomic E-state index is 0.221. The van der Waals surface area contributed by atoms with Crippen LogP contribution in [0.25, 0.3) is 0 Å². The zero-order valence-corrected chi connectivity index (χ0v) is 8.84. The Kier molecular flexibility index (Phi) is 4.73. The Hall–Kier alpha value is -1.46. The summed E-state index contributed by atoms with van der Waals surface area (Å²) in [6.45, 7) is 0. The Balaban J connectivity index is 2.14. The highest BCUT2D eigenvalue weighted by molar-refractivity contribution is 5.77. The van der Waals surface area contributed by atoms with Crippen molar-refractivity contribution in [2.45, 2.75) is 38.1 Å². The summed E-state index contributed by atoms with van der Waals surface area (Å²) in [4.78, 5) is 21.9. The lowest BCUT2D eigenvalue weighted by molar-refractivity contribution is 0.164. The lowest BCUT2D eigenvalue weighted by Crippen LogP contribution is -2.50. The van der Waals surface area contributed by atoms with Gasteiger partial charge in [0.15, 0.2) is 0 Å². The van der Waals surface area contributed by atoms with Gasteiger partial charge in [0.05, 0.1) is 7.11 Å². The quantitative estimate of drug-likeness (QED) is 0.568. The Morgan fingerprint density at radius 2 is 1.80 bits per heavy atom. The molecule has 0 bridgehead atoms. The molecule has 0 unspecified atom stereocenters. The van der Waals surface area contributed by atoms with E-state index in [2.05, 4.69) is 20.9 Å². The summed E-state index contributed by atoms with van der Waals surface area (Å²) in [5, 5.41) is 2.78. The molecule has 0 spiro atoms. The van der Waals surface area contributed by atoms with E-state index < -0.39 is 12.1 Å². The topological polar surface area (TPSA) is 79.5 Å². The van der Waals surface area contributed by atoms with Crippen molar-refractivity contribution in [1.82, 2.24) is 16.2 Å². The molecule has 0 heterocycles. The Morgan fingerprint density at radius 1 is 1.13 bits per heavy atom. The minimum Gasteiger partial charge on any atom is -0.452 e. The molecule has 15 heavy (non-hydrogen) atoms. The molecule has 86 valence electrons. The predicted octanol–water partition coefficient (Wildman–Crippen LogP) is 0.889. The van der Waals surface area contributed by atoms with Crippen LogP contribution < -0.4 is 16.2 Å². The highest BCUT2D eigenvalue weighted by Crippen LogP contribution is 2.16. The summed E-state index contributed by atoms with van der Waals surface area (Å²) in [6.07, 6.45) is 4.86. The van der Waals surface area contributed by atoms with Gasteiger partial charge in [0.2, 0.25) is 0 Å². The summed E-state index contributed by atoms with van der Waals surface area (Å²) in [7, 11) is 1.23. The van der Waals surface area contributed by atoms with Crippen molar-refractivity contribution in [3.8, 4) is 0 Å². The molecule has 6 heteroatoms. The van der Waals surface area contributed by atoms with Gasteiger partial charge in [0, 0.05) is 6.04 Å². The summed E-state index contributed by atoms with van der Waals surface area (Å²) < 4.78 is 4.30. The molecule has 1 aliphatic rings. The SMILES string of the molecule is COC(=O)NNC(=O)NC1CCCCC1. The summed E-state index contributed by atoms with van der Waals surface area (Å²) in [5.41, 5.74) is 4.30. The fourth-order valence-electron chi connectivity index (χ4n) is 1.63. The number of urea groups is 1. The molecule has 3 N–H and O–H groups in total. The van der Waals surface area contributed by atoms with Crippen LogP contribution in [0, 0.1) is 0 Å². The van der Waals surface area contributed by atoms with Gasteiger partial charge in [0.1, 0.15) is 0 Å². The van der Waals surface area contributed by atoms with Gasteiger partial charge in [0.25, 0.3) is 0 Å². The van der Waals surface area contributed by atoms with Gasteiger partial charge in [-0.25, -0.2) is 20.4 Å². The number of rotatable bonds is 1. The monoisotopic (exact) mass is 215 g/mol. The van der Waals surface area contributed by atoms with E-state index in [1.54, 1.807) is 0 Å². The smallest absolute Gasteiger partial charge is 0.425 e. The molecule has 1 fully saturated rings. The van der Waals surface area contributed by atoms with Crippen LogP contribution in [-0.4, -0.2) is 25.3 Å². The molecule has 3 amide bonds. The van der Waals surface area contributed by atoms with Crippen molar-refractivity contribution in [1.29, 1.82) is 0 Å². The third-order valence-electron chi connectivity index (χ3n) is 2.40. The number of methoxy groups -OCH3 is 1. The van der Waals surface area contributed by atoms with Crippen molar-refractivity contribution in [2.75, 3.05) is 7.11 Å². The number of hydrogen-bond donors (Lipinski definition) is 3. The number of amides is 3. The van der Waals surface area contributed by atoms with E-state index in [1.807, 2.05) is 0 Å². The van der Waals surface area contributed by atoms with E-state index in [4.69, 9.17) is 0 Å². The van der Waals surface area contributed by atoms with Crippen LogP contribution in [-0.2, 0) is 4.74 Å². The van der Waals surface area contributed by atoms with Gasteiger partial charge < -0.3 is 10.1 Å². The fraction of sp³-hybridized carbons (Fsp3) is 0.778. The van der Waals surface area contributed by atoms with Crippen LogP contribution in [0.4, 0.5) is 9.59 Å². The van der Waals surface area contributed by atoms with Crippen molar-refractivity contribution >= 4 is 12.1 Å². The van der Waals surface area contributed by atoms with Gasteiger partial charge in [-0.1, -0.05) is 19.3 Å². The number of hydrazine groups is 1. The van der Waals surface area contributed by atoms with Crippen LogP contribution in [0.2, 0.25) is 0 Å². The lowest BCUT2D eigenvalue weighted by atomic mass is 9.96. The molecule has 0 aliphatic heterocycles. The van der Waals surface area contributed by atoms with Crippen LogP contribution in [0.15, 0.2) is 0 Å². The van der Waals surface area contributed by atoms with Crippen LogP contribution in [0.3, 0.4) is 0 Å². The first-order valence-electron chi connectivity index (χ1n) is 5.13. The zero-order chi connectivity index (χ0) is 11.1. The van der Waals surface area contributed by atoms with E-state index in [0.29, 0.717) is 0 Å². The average molecular weight is 215 g/mol. The van der Waals surface area contributed by atoms with Crippen molar-refractivity contribution in [3.05, 3.63) is 0 Å². The molecule has 1 saturated carbocycles. The second kappa shape index (κ2) is 6.10. The van der Waals surface area contributed by atoms with Gasteiger partial charge in [-0.05, 0) is 12.8 Å². The first kappa shape index (κ1) is 11.6. The van der Waals surface area contributed by atoms with Gasteiger partial charge >= 0.3 is 12.1 Å². The average Bonchev–Trinajstić information content (AvgIpc) is 2.27. The minimum atomic E-state index is -0.686. The van der Waals surface area contributed by atoms with Crippen molar-refractivity contribution < 1.29 is 14.3 Å². The number of nitrogens with one attached hydrogen (secondary N) is 3. The Morgan fingerprint density at radius 3 is 2.40 bits per heavy atom. The standard InChI is InChI=1S/C9H17N3O3/c1-15-9(14)12-11-8(13)10-7-5-3-2-4-6-7/h7H,2-6H2,1H3,(H,12,14)(H2,10,11,13). The molecule has 0 atom stereocenters. The van der Waals surface area contributed by atoms with E-state index >= 15 is 0 Å². The first-order valence-corrected chi connectivity index (χ1v) is 5.13. The maximum atomic E-state index is 11.2. The lowest BCUT2D eigenvalue weighted by Gasteiger charge is -2.22. The van der Waals surface area contributed by atoms with Gasteiger partial charge in [-0.2, -0.15) is 0 Å². The van der Waals surface area contributed by atoms with Gasteiger partial charge in [-0.3, -0.25) is 0 Å². The molecular weight excluding hydrogens is 198 g/mol. The Bertz CT molecular complexity index is 227. The third-order valence-corrected chi connectivity index (χ3v) is 2.40. The van der Waals surface area contributed by atoms with Crippen molar-refractivity contribution in [2.24, 2.45) is 0 Å². The second-order valence-electron chi connectivity index (χ2n) is 3.55. The maximum Gasteiger partial charge on any atom is 0.425 e. The number of hydrogen-bond acceptors (Lipinski definition) is 3. The molecule has 0 saturated heterocycles. The second-order valence-corrected chi connectivity index (χ2v) is 3.55. The predicted molar refractivity (Wildman–Crippen MR) is 54.1 cm³/mol. The summed E-state index contributed by atoms with van der Waals surface area (Å²) >= 11 is 0. The molecule has 0 aromatic heterocycles. The van der Waals surface area contributed by atoms with Gasteiger partial charge in [-0.15, -0.1) is 0 Å². The molecule has 1 aliphatic carbocycles. The number of carbonyl (C=O) groups is 2. The van der Waals surface area contributed by atoms with E-state index in [9.17, 15) is 9.59 Å². The molecular formula is C9H17N3O3. The third kappa shape index (κ3) is 4.53. The highest BCUT2D eigenvalue weighted by atomic mass is 16.5. The Labute approximate surface area is 88.7 Å². The van der Waals surface area contributed by atoms with E-state index in [-0.39, 0.29) is 6.04 Å². The van der Waals surface area contributed by atoms with E-state index in [1.165, 1.54) is 13.5 Å². The normalized spacial score (nSPS) is 16.6. The zero-order valence-electron chi connectivity index (χ0n) is 8.84.